The molecule has 454 valence electrons. The molecule has 10 atom stereocenters. The molecule has 0 radical (unpaired) electrons. The summed E-state index contributed by atoms with van der Waals surface area (Å²) in [5, 5.41) is 8.43. The van der Waals surface area contributed by atoms with Crippen LogP contribution in [0.5, 0.6) is 0 Å². The first-order valence-electron chi connectivity index (χ1n) is 31.3. The van der Waals surface area contributed by atoms with Crippen molar-refractivity contribution in [3.05, 3.63) is 71.3 Å². The second-order valence-electron chi connectivity index (χ2n) is 28.8. The molecule has 5 aliphatic carbocycles. The minimum Gasteiger partial charge on any atom is -0.460 e. The molecule has 3 N–H and O–H groups in total. The van der Waals surface area contributed by atoms with Crippen LogP contribution in [0.25, 0.3) is 11.1 Å². The monoisotopic (exact) mass is 1130 g/mol. The Hall–Kier alpha value is -5.40. The van der Waals surface area contributed by atoms with Gasteiger partial charge < -0.3 is 39.8 Å². The zero-order valence-corrected chi connectivity index (χ0v) is 52.4. The lowest BCUT2D eigenvalue weighted by atomic mass is 9.46. The topological polar surface area (TPSA) is 179 Å². The first-order chi connectivity index (χ1) is 38.5. The van der Waals surface area contributed by atoms with E-state index in [1.807, 2.05) is 74.2 Å². The third-order valence-corrected chi connectivity index (χ3v) is 18.9. The molecular formula is C68H102N4O10. The van der Waals surface area contributed by atoms with Gasteiger partial charge in [-0.3, -0.25) is 19.2 Å². The van der Waals surface area contributed by atoms with Crippen LogP contribution in [-0.2, 0) is 38.1 Å². The van der Waals surface area contributed by atoms with E-state index in [-0.39, 0.29) is 62.3 Å². The van der Waals surface area contributed by atoms with E-state index in [1.54, 1.807) is 41.5 Å². The van der Waals surface area contributed by atoms with E-state index < -0.39 is 58.7 Å². The van der Waals surface area contributed by atoms with Crippen molar-refractivity contribution in [2.24, 2.45) is 46.3 Å². The lowest BCUT2D eigenvalue weighted by molar-refractivity contribution is -0.156. The number of nitrogens with zero attached hydrogens (tertiary/aromatic N) is 1. The summed E-state index contributed by atoms with van der Waals surface area (Å²) in [6, 6.07) is 13.3. The molecule has 3 fully saturated rings. The molecule has 2 aromatic carbocycles. The molecular weight excluding hydrogens is 1030 g/mol. The van der Waals surface area contributed by atoms with Gasteiger partial charge in [0, 0.05) is 37.9 Å². The lowest BCUT2D eigenvalue weighted by Crippen LogP contribution is -2.54. The predicted octanol–water partition coefficient (Wildman–Crippen LogP) is 13.8. The maximum absolute atomic E-state index is 14.4. The van der Waals surface area contributed by atoms with Crippen LogP contribution in [0.1, 0.15) is 217 Å². The van der Waals surface area contributed by atoms with Crippen molar-refractivity contribution in [3.63, 3.8) is 0 Å². The van der Waals surface area contributed by atoms with Gasteiger partial charge in [-0.15, -0.1) is 0 Å². The quantitative estimate of drug-likeness (QED) is 0.0445. The zero-order chi connectivity index (χ0) is 60.0. The largest absolute Gasteiger partial charge is 0.460 e. The Labute approximate surface area is 491 Å². The summed E-state index contributed by atoms with van der Waals surface area (Å²) in [5.41, 5.74) is 3.84. The highest BCUT2D eigenvalue weighted by Gasteiger charge is 2.59. The second-order valence-corrected chi connectivity index (χ2v) is 28.8. The highest BCUT2D eigenvalue weighted by atomic mass is 16.6. The lowest BCUT2D eigenvalue weighted by Gasteiger charge is -2.59. The van der Waals surface area contributed by atoms with Gasteiger partial charge in [-0.1, -0.05) is 114 Å². The summed E-state index contributed by atoms with van der Waals surface area (Å²) in [6.45, 7) is 29.0. The maximum Gasteiger partial charge on any atom is 0.410 e. The van der Waals surface area contributed by atoms with Gasteiger partial charge in [0.15, 0.2) is 0 Å². The molecule has 0 heterocycles. The number of hydrogen-bond acceptors (Lipinski definition) is 10. The molecule has 14 heteroatoms. The fraction of sp³-hybridized carbons (Fsp3) is 0.706. The van der Waals surface area contributed by atoms with Crippen molar-refractivity contribution in [1.82, 2.24) is 20.9 Å². The van der Waals surface area contributed by atoms with Crippen molar-refractivity contribution in [1.29, 1.82) is 0 Å². The van der Waals surface area contributed by atoms with Gasteiger partial charge in [-0.05, 0) is 202 Å². The first-order valence-corrected chi connectivity index (χ1v) is 31.3. The maximum atomic E-state index is 14.4. The fourth-order valence-electron chi connectivity index (χ4n) is 15.2. The molecule has 2 aromatic rings. The Kier molecular flexibility index (Phi) is 20.9. The number of allylic oxidation sites excluding steroid dienone is 1. The van der Waals surface area contributed by atoms with Gasteiger partial charge in [-0.2, -0.15) is 0 Å². The molecule has 4 amide bonds. The normalized spacial score (nSPS) is 25.1. The molecule has 0 aliphatic heterocycles. The van der Waals surface area contributed by atoms with Gasteiger partial charge in [0.2, 0.25) is 11.8 Å². The van der Waals surface area contributed by atoms with Crippen LogP contribution in [0.4, 0.5) is 9.59 Å². The third-order valence-electron chi connectivity index (χ3n) is 18.9. The van der Waals surface area contributed by atoms with Crippen LogP contribution in [0.15, 0.2) is 60.2 Å². The average molecular weight is 1140 g/mol. The van der Waals surface area contributed by atoms with Crippen LogP contribution >= 0.6 is 0 Å². The zero-order valence-electron chi connectivity index (χ0n) is 52.4. The van der Waals surface area contributed by atoms with Gasteiger partial charge in [0.25, 0.3) is 0 Å². The number of rotatable bonds is 22. The number of ether oxygens (including phenoxy) is 4. The fourth-order valence-corrected chi connectivity index (χ4v) is 15.2. The van der Waals surface area contributed by atoms with E-state index >= 15 is 0 Å². The van der Waals surface area contributed by atoms with Crippen molar-refractivity contribution >= 4 is 35.9 Å². The molecule has 14 nitrogen and oxygen atoms in total. The Morgan fingerprint density at radius 3 is 1.83 bits per heavy atom. The Morgan fingerprint density at radius 1 is 0.659 bits per heavy atom. The molecule has 7 rings (SSSR count). The summed E-state index contributed by atoms with van der Waals surface area (Å²) in [5.74, 6) is 1.75. The highest BCUT2D eigenvalue weighted by Crippen LogP contribution is 2.67. The number of benzene rings is 2. The van der Waals surface area contributed by atoms with E-state index in [0.717, 1.165) is 71.6 Å². The number of esters is 2. The molecule has 0 bridgehead atoms. The van der Waals surface area contributed by atoms with Crippen LogP contribution in [0.3, 0.4) is 0 Å². The molecule has 0 aromatic heterocycles. The Bertz CT molecular complexity index is 2560. The Morgan fingerprint density at radius 2 is 1.24 bits per heavy atom. The number of fused-ring (bicyclic) bond motifs is 8. The molecule has 5 aliphatic rings. The molecule has 82 heavy (non-hydrogen) atoms. The van der Waals surface area contributed by atoms with Crippen molar-refractivity contribution in [2.75, 3.05) is 19.7 Å². The van der Waals surface area contributed by atoms with E-state index in [1.165, 1.54) is 50.5 Å². The van der Waals surface area contributed by atoms with Crippen molar-refractivity contribution < 1.29 is 47.7 Å². The second kappa shape index (κ2) is 26.7. The number of carbonyl (C=O) groups excluding carboxylic acids is 6. The van der Waals surface area contributed by atoms with Crippen molar-refractivity contribution in [2.45, 2.75) is 241 Å². The van der Waals surface area contributed by atoms with Gasteiger partial charge in [0.1, 0.15) is 35.5 Å². The molecule has 3 saturated carbocycles. The van der Waals surface area contributed by atoms with E-state index in [0.29, 0.717) is 30.2 Å². The van der Waals surface area contributed by atoms with E-state index in [9.17, 15) is 28.8 Å². The number of carbonyl (C=O) groups is 6. The summed E-state index contributed by atoms with van der Waals surface area (Å²) in [6.07, 6.45) is 14.0. The SMILES string of the molecule is CC(C)CCC[C@@H](C)[C@H]1CC[C@H]2[C@@H]3CC=C4C[C@@H](N(CCCNC(=O)[C@H](CCC(=O)OC(C)(C)C)NC(=O)[C@H](CCC(=O)OC(C)(C)C)NC(=O)OCC5c6ccccc6-c6ccccc65)C(=O)OC(C)(C)C)CC[C@]4(C)[C@H]3CC[C@]12C. The highest BCUT2D eigenvalue weighted by molar-refractivity contribution is 5.92. The van der Waals surface area contributed by atoms with E-state index in [2.05, 4.69) is 56.6 Å². The Balaban J connectivity index is 1.01. The first kappa shape index (κ1) is 64.2. The van der Waals surface area contributed by atoms with Crippen LogP contribution < -0.4 is 16.0 Å². The minimum atomic E-state index is -1.32. The summed E-state index contributed by atoms with van der Waals surface area (Å²) in [7, 11) is 0. The van der Waals surface area contributed by atoms with Crippen LogP contribution in [0, 0.1) is 46.3 Å². The number of nitrogens with one attached hydrogen (secondary N) is 3. The summed E-state index contributed by atoms with van der Waals surface area (Å²) < 4.78 is 23.0. The molecule has 0 saturated heterocycles. The molecule has 0 unspecified atom stereocenters. The number of hydrogen-bond donors (Lipinski definition) is 3. The van der Waals surface area contributed by atoms with Crippen molar-refractivity contribution in [3.8, 4) is 11.1 Å². The standard InChI is InChI=1S/C68H102N4O10/c1-43(2)21-19-22-44(3)53-29-30-54-51-28-27-45-41-46(35-37-67(45,13)55(51)36-38-68(53,54)14)72(63(78)82-66(10,11)12)40-20-39-69-60(75)56(31-33-58(73)80-64(4,5)6)70-61(76)57(32-34-59(74)81-65(7,8)9)71-62(77)79-42-52-49-25-17-15-23-47(49)48-24-16-18-26-50(48)52/h15-18,23-27,43-44,46,51-57H,19-22,28-42H2,1-14H3,(H,69,75)(H,70,76)(H,71,77)/t44-,46+,51+,53-,54+,55+,56+,57+,67+,68-/m1/s1. The summed E-state index contributed by atoms with van der Waals surface area (Å²) in [4.78, 5) is 84.6. The minimum absolute atomic E-state index is 0.00974. The summed E-state index contributed by atoms with van der Waals surface area (Å²) >= 11 is 0. The smallest absolute Gasteiger partial charge is 0.410 e. The number of amides is 4. The van der Waals surface area contributed by atoms with Crippen LogP contribution in [0.2, 0.25) is 0 Å². The van der Waals surface area contributed by atoms with Gasteiger partial charge >= 0.3 is 24.1 Å². The van der Waals surface area contributed by atoms with Gasteiger partial charge in [0.05, 0.1) is 0 Å². The van der Waals surface area contributed by atoms with Gasteiger partial charge in [-0.25, -0.2) is 9.59 Å². The van der Waals surface area contributed by atoms with Crippen LogP contribution in [-0.4, -0.2) is 95.5 Å². The van der Waals surface area contributed by atoms with E-state index in [4.69, 9.17) is 18.9 Å². The molecule has 0 spiro atoms. The average Bonchev–Trinajstić information content (AvgIpc) is 2.94. The number of alkyl carbamates (subject to hydrolysis) is 1. The third kappa shape index (κ3) is 16.3. The predicted molar refractivity (Wildman–Crippen MR) is 321 cm³/mol.